The molecule has 0 aliphatic carbocycles. The Morgan fingerprint density at radius 1 is 1.04 bits per heavy atom. The second kappa shape index (κ2) is 8.39. The molecule has 0 saturated heterocycles. The molecule has 9 heteroatoms. The molecule has 1 N–H and O–H groups in total. The van der Waals surface area contributed by atoms with Crippen molar-refractivity contribution in [1.29, 1.82) is 0 Å². The first kappa shape index (κ1) is 20.0. The highest BCUT2D eigenvalue weighted by Crippen LogP contribution is 2.36. The van der Waals surface area contributed by atoms with Crippen LogP contribution in [-0.4, -0.2) is 55.3 Å². The summed E-state index contributed by atoms with van der Waals surface area (Å²) >= 11 is 0. The maximum atomic E-state index is 13.2. The van der Waals surface area contributed by atoms with Crippen LogP contribution in [0.25, 0.3) is 10.9 Å². The van der Waals surface area contributed by atoms with Gasteiger partial charge in [0.15, 0.2) is 11.5 Å². The fraction of sp³-hybridized carbons (Fsp3) is 0.529. The van der Waals surface area contributed by atoms with Gasteiger partial charge in [0.25, 0.3) is 0 Å². The SMILES string of the molecule is CCN(CC)CCNc1nc(C(F)(F)F)nc2cc(OC)c(OC)cc12. The molecule has 0 atom stereocenters. The summed E-state index contributed by atoms with van der Waals surface area (Å²) in [6.07, 6.45) is -4.64. The van der Waals surface area contributed by atoms with Crippen LogP contribution in [0.2, 0.25) is 0 Å². The van der Waals surface area contributed by atoms with Gasteiger partial charge < -0.3 is 19.7 Å². The Morgan fingerprint density at radius 2 is 1.65 bits per heavy atom. The van der Waals surface area contributed by atoms with Crippen molar-refractivity contribution < 1.29 is 22.6 Å². The lowest BCUT2D eigenvalue weighted by molar-refractivity contribution is -0.144. The molecule has 0 spiro atoms. The molecule has 0 amide bonds. The van der Waals surface area contributed by atoms with Crippen LogP contribution in [0.15, 0.2) is 12.1 Å². The van der Waals surface area contributed by atoms with Crippen LogP contribution in [-0.2, 0) is 6.18 Å². The highest BCUT2D eigenvalue weighted by atomic mass is 19.4. The highest BCUT2D eigenvalue weighted by molar-refractivity contribution is 5.91. The summed E-state index contributed by atoms with van der Waals surface area (Å²) in [5.74, 6) is -0.367. The van der Waals surface area contributed by atoms with E-state index in [0.717, 1.165) is 13.1 Å². The summed E-state index contributed by atoms with van der Waals surface area (Å²) in [6.45, 7) is 6.93. The molecule has 0 bridgehead atoms. The summed E-state index contributed by atoms with van der Waals surface area (Å²) in [7, 11) is 2.88. The summed E-state index contributed by atoms with van der Waals surface area (Å²) in [5, 5.41) is 3.44. The van der Waals surface area contributed by atoms with Crippen molar-refractivity contribution in [2.24, 2.45) is 0 Å². The molecule has 1 aromatic carbocycles. The normalized spacial score (nSPS) is 11.8. The molecule has 2 aromatic rings. The monoisotopic (exact) mass is 372 g/mol. The average Bonchev–Trinajstić information content (AvgIpc) is 2.62. The minimum Gasteiger partial charge on any atom is -0.493 e. The number of ether oxygens (including phenoxy) is 2. The Kier molecular flexibility index (Phi) is 6.47. The van der Waals surface area contributed by atoms with E-state index in [0.29, 0.717) is 30.0 Å². The van der Waals surface area contributed by atoms with Crippen molar-refractivity contribution in [3.05, 3.63) is 18.0 Å². The topological polar surface area (TPSA) is 59.5 Å². The molecule has 6 nitrogen and oxygen atoms in total. The predicted octanol–water partition coefficient (Wildman–Crippen LogP) is 3.42. The number of likely N-dealkylation sites (N-methyl/N-ethyl adjacent to an activating group) is 1. The smallest absolute Gasteiger partial charge is 0.451 e. The third kappa shape index (κ3) is 4.46. The molecule has 26 heavy (non-hydrogen) atoms. The molecule has 0 aliphatic rings. The second-order valence-electron chi connectivity index (χ2n) is 5.57. The van der Waals surface area contributed by atoms with Crippen molar-refractivity contribution in [3.63, 3.8) is 0 Å². The van der Waals surface area contributed by atoms with E-state index in [4.69, 9.17) is 9.47 Å². The minimum absolute atomic E-state index is 0.121. The molecule has 0 radical (unpaired) electrons. The zero-order valence-electron chi connectivity index (χ0n) is 15.3. The minimum atomic E-state index is -4.64. The number of hydrogen-bond acceptors (Lipinski definition) is 6. The molecule has 0 aliphatic heterocycles. The van der Waals surface area contributed by atoms with Crippen LogP contribution in [0.5, 0.6) is 11.5 Å². The van der Waals surface area contributed by atoms with Crippen LogP contribution in [0.3, 0.4) is 0 Å². The second-order valence-corrected chi connectivity index (χ2v) is 5.57. The van der Waals surface area contributed by atoms with E-state index in [9.17, 15) is 13.2 Å². The molecule has 0 saturated carbocycles. The molecule has 2 rings (SSSR count). The fourth-order valence-corrected chi connectivity index (χ4v) is 2.59. The van der Waals surface area contributed by atoms with Gasteiger partial charge in [0.1, 0.15) is 5.82 Å². The van der Waals surface area contributed by atoms with Gasteiger partial charge in [-0.3, -0.25) is 0 Å². The van der Waals surface area contributed by atoms with E-state index in [1.807, 2.05) is 13.8 Å². The van der Waals surface area contributed by atoms with Crippen molar-refractivity contribution in [2.45, 2.75) is 20.0 Å². The number of benzene rings is 1. The van der Waals surface area contributed by atoms with Gasteiger partial charge in [-0.25, -0.2) is 9.97 Å². The number of nitrogens with zero attached hydrogens (tertiary/aromatic N) is 3. The Labute approximate surface area is 150 Å². The van der Waals surface area contributed by atoms with Crippen molar-refractivity contribution in [2.75, 3.05) is 45.7 Å². The molecule has 144 valence electrons. The van der Waals surface area contributed by atoms with E-state index >= 15 is 0 Å². The first-order chi connectivity index (χ1) is 12.3. The van der Waals surface area contributed by atoms with E-state index in [-0.39, 0.29) is 11.3 Å². The van der Waals surface area contributed by atoms with Gasteiger partial charge in [0.2, 0.25) is 5.82 Å². The van der Waals surface area contributed by atoms with Crippen LogP contribution >= 0.6 is 0 Å². The van der Waals surface area contributed by atoms with Crippen LogP contribution in [0, 0.1) is 0 Å². The standard InChI is InChI=1S/C17H23F3N4O2/c1-5-24(6-2)8-7-21-15-11-9-13(25-3)14(26-4)10-12(11)22-16(23-15)17(18,19)20/h9-10H,5-8H2,1-4H3,(H,21,22,23). The van der Waals surface area contributed by atoms with Gasteiger partial charge in [-0.2, -0.15) is 13.2 Å². The fourth-order valence-electron chi connectivity index (χ4n) is 2.59. The van der Waals surface area contributed by atoms with Gasteiger partial charge in [0.05, 0.1) is 19.7 Å². The summed E-state index contributed by atoms with van der Waals surface area (Å²) in [4.78, 5) is 9.49. The van der Waals surface area contributed by atoms with Gasteiger partial charge >= 0.3 is 6.18 Å². The van der Waals surface area contributed by atoms with E-state index in [1.165, 1.54) is 20.3 Å². The Balaban J connectivity index is 2.47. The Hall–Kier alpha value is -2.29. The first-order valence-electron chi connectivity index (χ1n) is 8.31. The number of hydrogen-bond donors (Lipinski definition) is 1. The number of rotatable bonds is 8. The molecule has 0 fully saturated rings. The summed E-state index contributed by atoms with van der Waals surface area (Å²) in [5.41, 5.74) is 0.135. The van der Waals surface area contributed by atoms with Crippen LogP contribution < -0.4 is 14.8 Å². The molecular weight excluding hydrogens is 349 g/mol. The quantitative estimate of drug-likeness (QED) is 0.766. The predicted molar refractivity (Wildman–Crippen MR) is 93.9 cm³/mol. The first-order valence-corrected chi connectivity index (χ1v) is 8.31. The lowest BCUT2D eigenvalue weighted by atomic mass is 10.2. The van der Waals surface area contributed by atoms with Crippen molar-refractivity contribution in [3.8, 4) is 11.5 Å². The van der Waals surface area contributed by atoms with Crippen LogP contribution in [0.1, 0.15) is 19.7 Å². The molecule has 1 aromatic heterocycles. The van der Waals surface area contributed by atoms with E-state index in [1.54, 1.807) is 6.07 Å². The number of aromatic nitrogens is 2. The van der Waals surface area contributed by atoms with E-state index < -0.39 is 12.0 Å². The third-order valence-electron chi connectivity index (χ3n) is 4.07. The highest BCUT2D eigenvalue weighted by Gasteiger charge is 2.35. The van der Waals surface area contributed by atoms with Gasteiger partial charge in [-0.1, -0.05) is 13.8 Å². The number of fused-ring (bicyclic) bond motifs is 1. The van der Waals surface area contributed by atoms with Crippen molar-refractivity contribution >= 4 is 16.7 Å². The molecular formula is C17H23F3N4O2. The summed E-state index contributed by atoms with van der Waals surface area (Å²) < 4.78 is 49.9. The van der Waals surface area contributed by atoms with Crippen molar-refractivity contribution in [1.82, 2.24) is 14.9 Å². The Morgan fingerprint density at radius 3 is 2.19 bits per heavy atom. The number of methoxy groups -OCH3 is 2. The largest absolute Gasteiger partial charge is 0.493 e. The van der Waals surface area contributed by atoms with Gasteiger partial charge in [-0.05, 0) is 19.2 Å². The summed E-state index contributed by atoms with van der Waals surface area (Å²) in [6, 6.07) is 2.99. The molecule has 1 heterocycles. The average molecular weight is 372 g/mol. The third-order valence-corrected chi connectivity index (χ3v) is 4.07. The van der Waals surface area contributed by atoms with Gasteiger partial charge in [-0.15, -0.1) is 0 Å². The van der Waals surface area contributed by atoms with Gasteiger partial charge in [0, 0.05) is 24.5 Å². The maximum Gasteiger partial charge on any atom is 0.451 e. The lowest BCUT2D eigenvalue weighted by Crippen LogP contribution is -2.29. The maximum absolute atomic E-state index is 13.2. The number of anilines is 1. The number of halogens is 3. The zero-order valence-corrected chi connectivity index (χ0v) is 15.3. The Bertz CT molecular complexity index is 749. The van der Waals surface area contributed by atoms with E-state index in [2.05, 4.69) is 20.2 Å². The zero-order chi connectivity index (χ0) is 19.3. The lowest BCUT2D eigenvalue weighted by Gasteiger charge is -2.19. The number of nitrogens with one attached hydrogen (secondary N) is 1. The van der Waals surface area contributed by atoms with Crippen LogP contribution in [0.4, 0.5) is 19.0 Å². The number of alkyl halides is 3. The molecule has 0 unspecified atom stereocenters.